The topological polar surface area (TPSA) is 51.3 Å². The van der Waals surface area contributed by atoms with E-state index in [0.717, 1.165) is 37.1 Å². The van der Waals surface area contributed by atoms with Crippen LogP contribution < -0.4 is 5.73 Å². The van der Waals surface area contributed by atoms with Crippen molar-refractivity contribution in [3.05, 3.63) is 35.0 Å². The zero-order valence-corrected chi connectivity index (χ0v) is 25.3. The van der Waals surface area contributed by atoms with E-state index in [2.05, 4.69) is 86.0 Å². The van der Waals surface area contributed by atoms with E-state index in [-0.39, 0.29) is 0 Å². The zero-order chi connectivity index (χ0) is 27.4. The van der Waals surface area contributed by atoms with Crippen LogP contribution in [0, 0.1) is 10.8 Å². The smallest absolute Gasteiger partial charge is 0.149 e. The molecular weight excluding hydrogens is 438 g/mol. The number of unbranched alkanes of at least 4 members (excludes halogenated alkanes) is 3. The lowest BCUT2D eigenvalue weighted by atomic mass is 9.89. The van der Waals surface area contributed by atoms with Crippen molar-refractivity contribution >= 4 is 23.3 Å². The van der Waals surface area contributed by atoms with Gasteiger partial charge in [0.15, 0.2) is 0 Å². The summed E-state index contributed by atoms with van der Waals surface area (Å²) in [4.78, 5) is 9.21. The zero-order valence-electron chi connectivity index (χ0n) is 25.3. The lowest BCUT2D eigenvalue weighted by Gasteiger charge is -2.17. The van der Waals surface area contributed by atoms with E-state index >= 15 is 0 Å². The minimum atomic E-state index is 0.517. The van der Waals surface area contributed by atoms with E-state index in [0.29, 0.717) is 16.6 Å². The van der Waals surface area contributed by atoms with Crippen molar-refractivity contribution in [2.24, 2.45) is 15.8 Å². The van der Waals surface area contributed by atoms with Crippen LogP contribution in [0.4, 0.5) is 11.5 Å². The van der Waals surface area contributed by atoms with Crippen molar-refractivity contribution < 1.29 is 0 Å². The van der Waals surface area contributed by atoms with Crippen LogP contribution in [0.1, 0.15) is 143 Å². The third-order valence-corrected chi connectivity index (χ3v) is 6.81. The number of nitrogens with two attached hydrogens (primary N) is 1. The molecule has 0 radical (unpaired) electrons. The number of nitrogens with zero attached hydrogens (tertiary/aromatic N) is 2. The first kappa shape index (κ1) is 32.1. The van der Waals surface area contributed by atoms with Gasteiger partial charge in [0, 0.05) is 17.7 Å². The maximum absolute atomic E-state index is 6.04. The Labute approximate surface area is 224 Å². The van der Waals surface area contributed by atoms with Gasteiger partial charge in [-0.25, -0.2) is 4.98 Å². The molecule has 1 aromatic rings. The van der Waals surface area contributed by atoms with Gasteiger partial charge in [0.1, 0.15) is 11.5 Å². The highest BCUT2D eigenvalue weighted by atomic mass is 14.9. The molecule has 3 heteroatoms. The standard InChI is InChI=1S/C15H19N3.C12H24.C6H14/c1-2-3-6-10-9-12-11-7-4-5-8-13(11)18-15(16)14(12)17-10;1-11(2)9-7-6-8-10-12(3,4)5;1-5-6(2,3)4/h4,7H,2-3,5-6,8-9H2,1H3,(H2,16,18);1,6-10H2,2-5H3;5H2,1-4H3. The van der Waals surface area contributed by atoms with Gasteiger partial charge in [0.25, 0.3) is 0 Å². The molecule has 0 bridgehead atoms. The molecule has 36 heavy (non-hydrogen) atoms. The summed E-state index contributed by atoms with van der Waals surface area (Å²) in [6.45, 7) is 24.1. The molecule has 204 valence electrons. The van der Waals surface area contributed by atoms with E-state index in [4.69, 9.17) is 10.7 Å². The van der Waals surface area contributed by atoms with Gasteiger partial charge in [-0.1, -0.05) is 98.8 Å². The molecule has 0 spiro atoms. The SMILES string of the molecule is C=C(C)CCCCCC(C)(C)C.CCC(C)(C)C.CCCCC1=Nc2c(N)nc3c(c2C1)C=CCC3. The van der Waals surface area contributed by atoms with Crippen LogP contribution in [0.2, 0.25) is 0 Å². The predicted octanol–water partition coefficient (Wildman–Crippen LogP) is 10.4. The van der Waals surface area contributed by atoms with Gasteiger partial charge in [-0.15, -0.1) is 6.58 Å². The Kier molecular flexibility index (Phi) is 13.7. The molecule has 0 saturated heterocycles. The monoisotopic (exact) mass is 495 g/mol. The largest absolute Gasteiger partial charge is 0.382 e. The number of hydrogen-bond donors (Lipinski definition) is 1. The van der Waals surface area contributed by atoms with Crippen LogP contribution in [0.5, 0.6) is 0 Å². The summed E-state index contributed by atoms with van der Waals surface area (Å²) >= 11 is 0. The average Bonchev–Trinajstić information content (AvgIpc) is 3.22. The van der Waals surface area contributed by atoms with Crippen LogP contribution in [0.3, 0.4) is 0 Å². The van der Waals surface area contributed by atoms with Gasteiger partial charge in [0.05, 0.1) is 5.69 Å². The number of aliphatic imine (C=N–C) groups is 1. The second kappa shape index (κ2) is 15.4. The number of nitrogen functional groups attached to an aromatic ring is 1. The van der Waals surface area contributed by atoms with Gasteiger partial charge in [-0.3, -0.25) is 4.99 Å². The molecule has 3 rings (SSSR count). The van der Waals surface area contributed by atoms with Gasteiger partial charge >= 0.3 is 0 Å². The van der Waals surface area contributed by atoms with Crippen molar-refractivity contribution in [3.63, 3.8) is 0 Å². The fourth-order valence-electron chi connectivity index (χ4n) is 4.01. The lowest BCUT2D eigenvalue weighted by Crippen LogP contribution is -2.06. The molecule has 1 aliphatic carbocycles. The van der Waals surface area contributed by atoms with E-state index in [1.54, 1.807) is 0 Å². The number of aryl methyl sites for hydroxylation is 1. The number of rotatable bonds is 8. The van der Waals surface area contributed by atoms with Crippen LogP contribution in [-0.4, -0.2) is 10.7 Å². The summed E-state index contributed by atoms with van der Waals surface area (Å²) in [5.41, 5.74) is 14.4. The first-order chi connectivity index (χ1) is 16.8. The van der Waals surface area contributed by atoms with Crippen molar-refractivity contribution in [1.82, 2.24) is 4.98 Å². The summed E-state index contributed by atoms with van der Waals surface area (Å²) < 4.78 is 0. The number of fused-ring (bicyclic) bond motifs is 3. The van der Waals surface area contributed by atoms with Gasteiger partial charge < -0.3 is 5.73 Å². The minimum Gasteiger partial charge on any atom is -0.382 e. The maximum Gasteiger partial charge on any atom is 0.149 e. The fourth-order valence-corrected chi connectivity index (χ4v) is 4.01. The van der Waals surface area contributed by atoms with Gasteiger partial charge in [-0.05, 0) is 68.3 Å². The molecular formula is C33H57N3. The Morgan fingerprint density at radius 1 is 1.00 bits per heavy atom. The third kappa shape index (κ3) is 12.9. The number of hydrogen-bond acceptors (Lipinski definition) is 3. The number of anilines is 1. The molecule has 0 fully saturated rings. The Hall–Kier alpha value is -1.90. The van der Waals surface area contributed by atoms with E-state index < -0.39 is 0 Å². The van der Waals surface area contributed by atoms with Crippen LogP contribution in [0.25, 0.3) is 6.08 Å². The normalized spacial score (nSPS) is 14.1. The van der Waals surface area contributed by atoms with Crippen LogP contribution in [0.15, 0.2) is 23.2 Å². The first-order valence-electron chi connectivity index (χ1n) is 14.5. The van der Waals surface area contributed by atoms with Gasteiger partial charge in [-0.2, -0.15) is 0 Å². The van der Waals surface area contributed by atoms with Crippen LogP contribution in [-0.2, 0) is 12.8 Å². The molecule has 2 N–H and O–H groups in total. The molecule has 3 nitrogen and oxygen atoms in total. The first-order valence-corrected chi connectivity index (χ1v) is 14.5. The molecule has 2 heterocycles. The number of allylic oxidation sites excluding steroid dienone is 2. The minimum absolute atomic E-state index is 0.517. The predicted molar refractivity (Wildman–Crippen MR) is 163 cm³/mol. The second-order valence-corrected chi connectivity index (χ2v) is 13.1. The Morgan fingerprint density at radius 3 is 2.22 bits per heavy atom. The Balaban J connectivity index is 0.000000312. The van der Waals surface area contributed by atoms with E-state index in [1.807, 2.05) is 0 Å². The quantitative estimate of drug-likeness (QED) is 0.288. The molecule has 1 aromatic heterocycles. The summed E-state index contributed by atoms with van der Waals surface area (Å²) in [7, 11) is 0. The van der Waals surface area contributed by atoms with Crippen molar-refractivity contribution in [2.45, 2.75) is 139 Å². The third-order valence-electron chi connectivity index (χ3n) is 6.81. The summed E-state index contributed by atoms with van der Waals surface area (Å²) in [6.07, 6.45) is 18.9. The second-order valence-electron chi connectivity index (χ2n) is 13.1. The molecule has 0 aromatic carbocycles. The average molecular weight is 496 g/mol. The maximum atomic E-state index is 6.04. The highest BCUT2D eigenvalue weighted by Gasteiger charge is 2.23. The van der Waals surface area contributed by atoms with Crippen LogP contribution >= 0.6 is 0 Å². The molecule has 0 amide bonds. The summed E-state index contributed by atoms with van der Waals surface area (Å²) in [6, 6.07) is 0. The molecule has 0 saturated carbocycles. The Morgan fingerprint density at radius 2 is 1.67 bits per heavy atom. The summed E-state index contributed by atoms with van der Waals surface area (Å²) in [5, 5.41) is 0. The highest BCUT2D eigenvalue weighted by Crippen LogP contribution is 2.38. The fraction of sp³-hybridized carbons (Fsp3) is 0.697. The number of pyridine rings is 1. The number of aromatic nitrogens is 1. The molecule has 0 atom stereocenters. The van der Waals surface area contributed by atoms with E-state index in [1.165, 1.54) is 73.8 Å². The molecule has 1 aliphatic heterocycles. The highest BCUT2D eigenvalue weighted by molar-refractivity contribution is 5.97. The Bertz CT molecular complexity index is 876. The van der Waals surface area contributed by atoms with Crippen molar-refractivity contribution in [2.75, 3.05) is 5.73 Å². The summed E-state index contributed by atoms with van der Waals surface area (Å²) in [5.74, 6) is 0.616. The lowest BCUT2D eigenvalue weighted by molar-refractivity contribution is 0.358. The van der Waals surface area contributed by atoms with Gasteiger partial charge in [0.2, 0.25) is 0 Å². The van der Waals surface area contributed by atoms with Crippen molar-refractivity contribution in [3.8, 4) is 0 Å². The van der Waals surface area contributed by atoms with Crippen molar-refractivity contribution in [1.29, 1.82) is 0 Å². The molecule has 0 unspecified atom stereocenters. The van der Waals surface area contributed by atoms with E-state index in [9.17, 15) is 0 Å². The molecule has 2 aliphatic rings.